The molecule has 44 heavy (non-hydrogen) atoms. The maximum Gasteiger partial charge on any atom is 0.333 e. The summed E-state index contributed by atoms with van der Waals surface area (Å²) in [6.07, 6.45) is -2.71. The van der Waals surface area contributed by atoms with Crippen LogP contribution in [0, 0.1) is 10.8 Å². The fraction of sp³-hybridized carbons (Fsp3) is 0.531. The van der Waals surface area contributed by atoms with Gasteiger partial charge in [-0.3, -0.25) is 13.8 Å². The Balaban J connectivity index is 2.12. The van der Waals surface area contributed by atoms with Crippen molar-refractivity contribution in [2.75, 3.05) is 25.5 Å². The lowest BCUT2D eigenvalue weighted by Crippen LogP contribution is -2.49. The van der Waals surface area contributed by atoms with Gasteiger partial charge in [0.05, 0.1) is 43.7 Å². The molecular formula is C32H45NO10S. The molecule has 0 fully saturated rings. The molecule has 244 valence electrons. The van der Waals surface area contributed by atoms with Gasteiger partial charge in [-0.15, -0.1) is 0 Å². The number of hydrogen-bond donors (Lipinski definition) is 2. The molecule has 0 saturated carbocycles. The van der Waals surface area contributed by atoms with E-state index in [0.29, 0.717) is 6.61 Å². The average Bonchev–Trinajstić information content (AvgIpc) is 2.95. The molecule has 12 heteroatoms. The third kappa shape index (κ3) is 12.7. The highest BCUT2D eigenvalue weighted by molar-refractivity contribution is 7.86. The second-order valence-electron chi connectivity index (χ2n) is 11.8. The highest BCUT2D eigenvalue weighted by Gasteiger charge is 2.45. The van der Waals surface area contributed by atoms with E-state index in [2.05, 4.69) is 5.32 Å². The fourth-order valence-electron chi connectivity index (χ4n) is 4.32. The van der Waals surface area contributed by atoms with Gasteiger partial charge in [0.15, 0.2) is 6.10 Å². The van der Waals surface area contributed by atoms with Gasteiger partial charge in [0.25, 0.3) is 10.1 Å². The standard InChI is InChI=1S/C32H45NO10S/c1-24(34)33-18-12-20-44(38,39)43-27(32(4,5)28(29(35)36)42-22-26-15-10-7-11-16-26)17-19-41-30(37)31(2,3)23-40-21-25-13-8-6-9-14-25/h6-11,13-16,27-28H,12,17-23H2,1-5H3,(H,33,34)(H,35,36)/t27?,28-/m0/s1. The Kier molecular flexibility index (Phi) is 14.4. The van der Waals surface area contributed by atoms with E-state index in [-0.39, 0.29) is 45.1 Å². The Labute approximate surface area is 260 Å². The number of carbonyl (C=O) groups excluding carboxylic acids is 2. The van der Waals surface area contributed by atoms with Crippen LogP contribution in [0.25, 0.3) is 0 Å². The summed E-state index contributed by atoms with van der Waals surface area (Å²) >= 11 is 0. The third-order valence-electron chi connectivity index (χ3n) is 6.94. The zero-order valence-corrected chi connectivity index (χ0v) is 26.9. The van der Waals surface area contributed by atoms with Crippen LogP contribution in [-0.2, 0) is 56.1 Å². The quantitative estimate of drug-likeness (QED) is 0.123. The first kappa shape index (κ1) is 36.9. The predicted molar refractivity (Wildman–Crippen MR) is 164 cm³/mol. The Morgan fingerprint density at radius 2 is 1.48 bits per heavy atom. The molecule has 0 aliphatic rings. The van der Waals surface area contributed by atoms with E-state index >= 15 is 0 Å². The van der Waals surface area contributed by atoms with Gasteiger partial charge in [-0.2, -0.15) is 8.42 Å². The molecule has 0 spiro atoms. The van der Waals surface area contributed by atoms with Crippen molar-refractivity contribution < 1.29 is 46.3 Å². The SMILES string of the molecule is CC(=O)NCCCS(=O)(=O)OC(CCOC(=O)C(C)(C)COCc1ccccc1)C(C)(C)[C@@H](OCc1ccccc1)C(=O)O. The molecule has 0 bridgehead atoms. The lowest BCUT2D eigenvalue weighted by atomic mass is 9.79. The van der Waals surface area contributed by atoms with Crippen molar-refractivity contribution in [2.45, 2.75) is 72.9 Å². The summed E-state index contributed by atoms with van der Waals surface area (Å²) in [5.74, 6) is -2.56. The molecule has 2 atom stereocenters. The summed E-state index contributed by atoms with van der Waals surface area (Å²) in [7, 11) is -4.17. The first-order valence-electron chi connectivity index (χ1n) is 14.5. The van der Waals surface area contributed by atoms with Crippen molar-refractivity contribution in [1.29, 1.82) is 0 Å². The topological polar surface area (TPSA) is 155 Å². The molecule has 0 aromatic heterocycles. The summed E-state index contributed by atoms with van der Waals surface area (Å²) in [6.45, 7) is 8.03. The molecule has 1 unspecified atom stereocenters. The molecule has 2 aromatic carbocycles. The number of rotatable bonds is 20. The molecule has 0 aliphatic carbocycles. The van der Waals surface area contributed by atoms with Crippen LogP contribution >= 0.6 is 0 Å². The van der Waals surface area contributed by atoms with Gasteiger partial charge in [0, 0.05) is 25.3 Å². The van der Waals surface area contributed by atoms with E-state index in [1.165, 1.54) is 20.8 Å². The van der Waals surface area contributed by atoms with Crippen molar-refractivity contribution in [3.8, 4) is 0 Å². The zero-order chi connectivity index (χ0) is 32.8. The van der Waals surface area contributed by atoms with E-state index in [9.17, 15) is 27.9 Å². The van der Waals surface area contributed by atoms with Gasteiger partial charge in [0.1, 0.15) is 0 Å². The third-order valence-corrected chi connectivity index (χ3v) is 8.25. The number of hydrogen-bond acceptors (Lipinski definition) is 9. The molecule has 11 nitrogen and oxygen atoms in total. The van der Waals surface area contributed by atoms with E-state index in [1.54, 1.807) is 38.1 Å². The predicted octanol–water partition coefficient (Wildman–Crippen LogP) is 4.10. The van der Waals surface area contributed by atoms with Crippen LogP contribution in [0.1, 0.15) is 58.6 Å². The van der Waals surface area contributed by atoms with Crippen LogP contribution in [0.5, 0.6) is 0 Å². The van der Waals surface area contributed by atoms with Crippen LogP contribution in [0.2, 0.25) is 0 Å². The summed E-state index contributed by atoms with van der Waals surface area (Å²) in [5, 5.41) is 12.6. The van der Waals surface area contributed by atoms with Gasteiger partial charge >= 0.3 is 11.9 Å². The Morgan fingerprint density at radius 3 is 2.02 bits per heavy atom. The second kappa shape index (κ2) is 17.2. The van der Waals surface area contributed by atoms with Crippen molar-refractivity contribution >= 4 is 28.0 Å². The summed E-state index contributed by atoms with van der Waals surface area (Å²) in [5.41, 5.74) is -0.687. The minimum atomic E-state index is -4.17. The lowest BCUT2D eigenvalue weighted by molar-refractivity contribution is -0.169. The van der Waals surface area contributed by atoms with E-state index in [1.807, 2.05) is 36.4 Å². The highest BCUT2D eigenvalue weighted by atomic mass is 32.2. The van der Waals surface area contributed by atoms with Crippen molar-refractivity contribution in [2.24, 2.45) is 10.8 Å². The molecule has 2 rings (SSSR count). The Bertz CT molecular complexity index is 1300. The van der Waals surface area contributed by atoms with Gasteiger partial charge < -0.3 is 24.6 Å². The number of carboxylic acids is 1. The van der Waals surface area contributed by atoms with E-state index in [0.717, 1.165) is 11.1 Å². The van der Waals surface area contributed by atoms with Crippen molar-refractivity contribution in [3.63, 3.8) is 0 Å². The maximum absolute atomic E-state index is 12.9. The van der Waals surface area contributed by atoms with Gasteiger partial charge in [-0.05, 0) is 31.4 Å². The fourth-order valence-corrected chi connectivity index (χ4v) is 5.61. The molecular weight excluding hydrogens is 590 g/mol. The smallest absolute Gasteiger partial charge is 0.333 e. The van der Waals surface area contributed by atoms with Crippen molar-refractivity contribution in [1.82, 2.24) is 5.32 Å². The second-order valence-corrected chi connectivity index (χ2v) is 13.5. The number of esters is 1. The number of amides is 1. The van der Waals surface area contributed by atoms with Crippen LogP contribution in [0.15, 0.2) is 60.7 Å². The van der Waals surface area contributed by atoms with Crippen LogP contribution in [-0.4, -0.2) is 69.1 Å². The van der Waals surface area contributed by atoms with E-state index < -0.39 is 50.8 Å². The lowest BCUT2D eigenvalue weighted by Gasteiger charge is -2.38. The molecule has 2 aromatic rings. The van der Waals surface area contributed by atoms with Gasteiger partial charge in [-0.25, -0.2) is 4.79 Å². The molecule has 0 aliphatic heterocycles. The highest BCUT2D eigenvalue weighted by Crippen LogP contribution is 2.34. The summed E-state index contributed by atoms with van der Waals surface area (Å²) in [6, 6.07) is 18.5. The average molecular weight is 636 g/mol. The van der Waals surface area contributed by atoms with Crippen LogP contribution < -0.4 is 5.32 Å². The molecule has 1 amide bonds. The van der Waals surface area contributed by atoms with E-state index in [4.69, 9.17) is 18.4 Å². The van der Waals surface area contributed by atoms with Gasteiger partial charge in [0.2, 0.25) is 5.91 Å². The molecule has 2 N–H and O–H groups in total. The van der Waals surface area contributed by atoms with Crippen LogP contribution in [0.4, 0.5) is 0 Å². The van der Waals surface area contributed by atoms with Gasteiger partial charge in [-0.1, -0.05) is 74.5 Å². The van der Waals surface area contributed by atoms with Crippen LogP contribution in [0.3, 0.4) is 0 Å². The minimum Gasteiger partial charge on any atom is -0.479 e. The summed E-state index contributed by atoms with van der Waals surface area (Å²) in [4.78, 5) is 36.4. The number of carbonyl (C=O) groups is 3. The maximum atomic E-state index is 12.9. The Hall–Kier alpha value is -3.32. The molecule has 0 heterocycles. The largest absolute Gasteiger partial charge is 0.479 e. The number of aliphatic carboxylic acids is 1. The normalized spacial score (nSPS) is 13.6. The molecule has 0 saturated heterocycles. The number of nitrogens with one attached hydrogen (secondary N) is 1. The Morgan fingerprint density at radius 1 is 0.909 bits per heavy atom. The van der Waals surface area contributed by atoms with Crippen molar-refractivity contribution in [3.05, 3.63) is 71.8 Å². The zero-order valence-electron chi connectivity index (χ0n) is 26.1. The number of ether oxygens (including phenoxy) is 3. The monoisotopic (exact) mass is 635 g/mol. The molecule has 0 radical (unpaired) electrons. The summed E-state index contributed by atoms with van der Waals surface area (Å²) < 4.78 is 48.5. The first-order valence-corrected chi connectivity index (χ1v) is 16.0. The minimum absolute atomic E-state index is 0.0242. The number of benzene rings is 2. The number of carboxylic acid groups (broad SMARTS) is 1. The first-order chi connectivity index (χ1) is 20.6.